The fourth-order valence-corrected chi connectivity index (χ4v) is 2.30. The number of likely N-dealkylation sites (tertiary alicyclic amines) is 1. The summed E-state index contributed by atoms with van der Waals surface area (Å²) in [5.41, 5.74) is 0.867. The highest BCUT2D eigenvalue weighted by molar-refractivity contribution is 6.30. The van der Waals surface area contributed by atoms with Gasteiger partial charge in [0.15, 0.2) is 0 Å². The van der Waals surface area contributed by atoms with Crippen LogP contribution in [-0.4, -0.2) is 34.5 Å². The molecule has 1 N–H and O–H groups in total. The standard InChI is InChI=1S/C13H14ClNO3/c14-10-5-3-9(4-6-10)8-11(13(17)18)15-7-1-2-12(15)16/h3-6,11H,1-2,7-8H2,(H,17,18)/t11-/m1/s1. The van der Waals surface area contributed by atoms with Crippen LogP contribution in [-0.2, 0) is 16.0 Å². The van der Waals surface area contributed by atoms with Crippen molar-refractivity contribution in [3.05, 3.63) is 34.9 Å². The van der Waals surface area contributed by atoms with Crippen LogP contribution in [0.5, 0.6) is 0 Å². The molecule has 96 valence electrons. The first-order chi connectivity index (χ1) is 8.58. The zero-order valence-corrected chi connectivity index (χ0v) is 10.6. The third kappa shape index (κ3) is 2.82. The van der Waals surface area contributed by atoms with Crippen molar-refractivity contribution in [2.24, 2.45) is 0 Å². The zero-order chi connectivity index (χ0) is 13.1. The molecule has 0 radical (unpaired) electrons. The van der Waals surface area contributed by atoms with Crippen molar-refractivity contribution < 1.29 is 14.7 Å². The SMILES string of the molecule is O=C(O)[C@@H](Cc1ccc(Cl)cc1)N1CCCC1=O. The molecule has 1 amide bonds. The van der Waals surface area contributed by atoms with Crippen LogP contribution in [0.1, 0.15) is 18.4 Å². The van der Waals surface area contributed by atoms with Gasteiger partial charge in [-0.15, -0.1) is 0 Å². The van der Waals surface area contributed by atoms with Crippen molar-refractivity contribution in [3.8, 4) is 0 Å². The van der Waals surface area contributed by atoms with E-state index in [-0.39, 0.29) is 5.91 Å². The zero-order valence-electron chi connectivity index (χ0n) is 9.80. The Kier molecular flexibility index (Phi) is 3.87. The van der Waals surface area contributed by atoms with Gasteiger partial charge in [-0.05, 0) is 24.1 Å². The lowest BCUT2D eigenvalue weighted by molar-refractivity contribution is -0.148. The molecular formula is C13H14ClNO3. The molecule has 0 aromatic heterocycles. The molecule has 1 aliphatic rings. The largest absolute Gasteiger partial charge is 0.480 e. The lowest BCUT2D eigenvalue weighted by Gasteiger charge is -2.24. The van der Waals surface area contributed by atoms with Gasteiger partial charge < -0.3 is 10.0 Å². The highest BCUT2D eigenvalue weighted by Gasteiger charge is 2.32. The summed E-state index contributed by atoms with van der Waals surface area (Å²) in [6, 6.07) is 6.25. The fourth-order valence-electron chi connectivity index (χ4n) is 2.17. The quantitative estimate of drug-likeness (QED) is 0.907. The van der Waals surface area contributed by atoms with Crippen LogP contribution in [0.4, 0.5) is 0 Å². The van der Waals surface area contributed by atoms with Crippen LogP contribution >= 0.6 is 11.6 Å². The highest BCUT2D eigenvalue weighted by Crippen LogP contribution is 2.18. The number of carbonyl (C=O) groups excluding carboxylic acids is 1. The Labute approximate surface area is 110 Å². The summed E-state index contributed by atoms with van der Waals surface area (Å²) >= 11 is 5.78. The van der Waals surface area contributed by atoms with Gasteiger partial charge in [0.2, 0.25) is 5.91 Å². The number of aliphatic carboxylic acids is 1. The maximum Gasteiger partial charge on any atom is 0.326 e. The van der Waals surface area contributed by atoms with Gasteiger partial charge in [0.1, 0.15) is 6.04 Å². The molecule has 4 nitrogen and oxygen atoms in total. The van der Waals surface area contributed by atoms with Crippen LogP contribution in [0.3, 0.4) is 0 Å². The first-order valence-electron chi connectivity index (χ1n) is 5.84. The van der Waals surface area contributed by atoms with E-state index in [4.69, 9.17) is 11.6 Å². The maximum atomic E-state index is 11.6. The van der Waals surface area contributed by atoms with Gasteiger partial charge in [0.25, 0.3) is 0 Å². The van der Waals surface area contributed by atoms with Crippen LogP contribution in [0.15, 0.2) is 24.3 Å². The first kappa shape index (κ1) is 12.9. The van der Waals surface area contributed by atoms with Crippen molar-refractivity contribution in [2.45, 2.75) is 25.3 Å². The van der Waals surface area contributed by atoms with Gasteiger partial charge in [-0.3, -0.25) is 4.79 Å². The predicted octanol–water partition coefficient (Wildman–Crippen LogP) is 1.96. The second-order valence-electron chi connectivity index (χ2n) is 4.38. The summed E-state index contributed by atoms with van der Waals surface area (Å²) in [5, 5.41) is 9.86. The number of halogens is 1. The molecule has 1 aromatic carbocycles. The molecule has 0 bridgehead atoms. The molecule has 18 heavy (non-hydrogen) atoms. The Morgan fingerprint density at radius 1 is 1.39 bits per heavy atom. The van der Waals surface area contributed by atoms with Crippen LogP contribution < -0.4 is 0 Å². The summed E-state index contributed by atoms with van der Waals surface area (Å²) in [6.45, 7) is 0.531. The van der Waals surface area contributed by atoms with E-state index < -0.39 is 12.0 Å². The summed E-state index contributed by atoms with van der Waals surface area (Å²) in [7, 11) is 0. The van der Waals surface area contributed by atoms with Crippen LogP contribution in [0.2, 0.25) is 5.02 Å². The molecular weight excluding hydrogens is 254 g/mol. The molecule has 2 rings (SSSR count). The number of carboxylic acids is 1. The normalized spacial score (nSPS) is 16.9. The lowest BCUT2D eigenvalue weighted by Crippen LogP contribution is -2.43. The highest BCUT2D eigenvalue weighted by atomic mass is 35.5. The van der Waals surface area contributed by atoms with E-state index in [1.807, 2.05) is 0 Å². The number of hydrogen-bond donors (Lipinski definition) is 1. The van der Waals surface area contributed by atoms with Crippen molar-refractivity contribution in [1.29, 1.82) is 0 Å². The monoisotopic (exact) mass is 267 g/mol. The minimum absolute atomic E-state index is 0.0728. The van der Waals surface area contributed by atoms with Crippen molar-refractivity contribution in [2.75, 3.05) is 6.54 Å². The Morgan fingerprint density at radius 2 is 2.06 bits per heavy atom. The second-order valence-corrected chi connectivity index (χ2v) is 4.81. The third-order valence-electron chi connectivity index (χ3n) is 3.11. The Morgan fingerprint density at radius 3 is 2.56 bits per heavy atom. The Bertz CT molecular complexity index is 458. The number of hydrogen-bond acceptors (Lipinski definition) is 2. The number of amides is 1. The average Bonchev–Trinajstić information content (AvgIpc) is 2.74. The Hall–Kier alpha value is -1.55. The number of carboxylic acid groups (broad SMARTS) is 1. The van der Waals surface area contributed by atoms with Gasteiger partial charge in [-0.2, -0.15) is 0 Å². The number of benzene rings is 1. The summed E-state index contributed by atoms with van der Waals surface area (Å²) in [6.07, 6.45) is 1.51. The smallest absolute Gasteiger partial charge is 0.326 e. The van der Waals surface area contributed by atoms with Gasteiger partial charge in [-0.1, -0.05) is 23.7 Å². The van der Waals surface area contributed by atoms with E-state index in [1.165, 1.54) is 4.90 Å². The second kappa shape index (κ2) is 5.40. The van der Waals surface area contributed by atoms with Crippen LogP contribution in [0.25, 0.3) is 0 Å². The van der Waals surface area contributed by atoms with Crippen LogP contribution in [0, 0.1) is 0 Å². The number of rotatable bonds is 4. The Balaban J connectivity index is 2.13. The predicted molar refractivity (Wildman–Crippen MR) is 67.5 cm³/mol. The molecule has 1 aliphatic heterocycles. The van der Waals surface area contributed by atoms with E-state index in [0.717, 1.165) is 12.0 Å². The molecule has 0 saturated carbocycles. The van der Waals surface area contributed by atoms with E-state index >= 15 is 0 Å². The topological polar surface area (TPSA) is 57.6 Å². The summed E-state index contributed by atoms with van der Waals surface area (Å²) in [5.74, 6) is -1.03. The molecule has 1 atom stereocenters. The minimum Gasteiger partial charge on any atom is -0.480 e. The van der Waals surface area contributed by atoms with E-state index in [9.17, 15) is 14.7 Å². The molecule has 1 aromatic rings. The molecule has 0 aliphatic carbocycles. The van der Waals surface area contributed by atoms with E-state index in [0.29, 0.717) is 24.4 Å². The lowest BCUT2D eigenvalue weighted by atomic mass is 10.1. The summed E-state index contributed by atoms with van der Waals surface area (Å²) < 4.78 is 0. The van der Waals surface area contributed by atoms with Gasteiger partial charge in [0, 0.05) is 24.4 Å². The molecule has 1 heterocycles. The maximum absolute atomic E-state index is 11.6. The average molecular weight is 268 g/mol. The van der Waals surface area contributed by atoms with Crippen molar-refractivity contribution in [3.63, 3.8) is 0 Å². The van der Waals surface area contributed by atoms with Crippen molar-refractivity contribution >= 4 is 23.5 Å². The van der Waals surface area contributed by atoms with Crippen molar-refractivity contribution in [1.82, 2.24) is 4.90 Å². The van der Waals surface area contributed by atoms with E-state index in [1.54, 1.807) is 24.3 Å². The van der Waals surface area contributed by atoms with Gasteiger partial charge in [0.05, 0.1) is 0 Å². The minimum atomic E-state index is -0.958. The fraction of sp³-hybridized carbons (Fsp3) is 0.385. The third-order valence-corrected chi connectivity index (χ3v) is 3.37. The van der Waals surface area contributed by atoms with Gasteiger partial charge >= 0.3 is 5.97 Å². The molecule has 5 heteroatoms. The first-order valence-corrected chi connectivity index (χ1v) is 6.22. The summed E-state index contributed by atoms with van der Waals surface area (Å²) in [4.78, 5) is 24.3. The van der Waals surface area contributed by atoms with E-state index in [2.05, 4.69) is 0 Å². The molecule has 1 fully saturated rings. The molecule has 0 unspecified atom stereocenters. The molecule has 1 saturated heterocycles. The molecule has 0 spiro atoms. The number of nitrogens with zero attached hydrogens (tertiary/aromatic N) is 1. The number of carbonyl (C=O) groups is 2. The van der Waals surface area contributed by atoms with Gasteiger partial charge in [-0.25, -0.2) is 4.79 Å².